The molecule has 1 saturated carbocycles. The molecule has 1 aromatic rings. The predicted molar refractivity (Wildman–Crippen MR) is 76.2 cm³/mol. The fourth-order valence-electron chi connectivity index (χ4n) is 2.97. The summed E-state index contributed by atoms with van der Waals surface area (Å²) >= 11 is 0. The molecule has 1 aliphatic heterocycles. The molecule has 0 unspecified atom stereocenters. The first-order chi connectivity index (χ1) is 9.26. The largest absolute Gasteiger partial charge is 0.303 e. The fourth-order valence-corrected chi connectivity index (χ4v) is 2.97. The van der Waals surface area contributed by atoms with Gasteiger partial charge in [0.2, 0.25) is 0 Å². The molecule has 1 aromatic heterocycles. The van der Waals surface area contributed by atoms with E-state index >= 15 is 0 Å². The van der Waals surface area contributed by atoms with Gasteiger partial charge >= 0.3 is 0 Å². The molecule has 106 valence electrons. The van der Waals surface area contributed by atoms with E-state index in [1.54, 1.807) is 0 Å². The van der Waals surface area contributed by atoms with Crippen molar-refractivity contribution in [1.82, 2.24) is 19.9 Å². The SMILES string of the molecule is CC[C@@H](C)CN1CCC(n2cc(C3CC3)nn2)CC1. The van der Waals surface area contributed by atoms with Crippen LogP contribution in [0.3, 0.4) is 0 Å². The first-order valence-corrected chi connectivity index (χ1v) is 7.90. The van der Waals surface area contributed by atoms with Crippen molar-refractivity contribution in [1.29, 1.82) is 0 Å². The third kappa shape index (κ3) is 3.16. The van der Waals surface area contributed by atoms with Gasteiger partial charge in [0.15, 0.2) is 0 Å². The van der Waals surface area contributed by atoms with Gasteiger partial charge in [0.25, 0.3) is 0 Å². The number of aromatic nitrogens is 3. The van der Waals surface area contributed by atoms with Gasteiger partial charge in [-0.1, -0.05) is 25.5 Å². The Kier molecular flexibility index (Phi) is 3.87. The summed E-state index contributed by atoms with van der Waals surface area (Å²) in [5.74, 6) is 1.55. The molecule has 0 aromatic carbocycles. The summed E-state index contributed by atoms with van der Waals surface area (Å²) in [6, 6.07) is 0.577. The monoisotopic (exact) mass is 262 g/mol. The van der Waals surface area contributed by atoms with Crippen molar-refractivity contribution < 1.29 is 0 Å². The molecule has 0 spiro atoms. The number of nitrogens with zero attached hydrogens (tertiary/aromatic N) is 4. The van der Waals surface area contributed by atoms with E-state index in [1.807, 2.05) is 0 Å². The Bertz CT molecular complexity index is 402. The van der Waals surface area contributed by atoms with Crippen LogP contribution in [0.2, 0.25) is 0 Å². The molecule has 1 aliphatic carbocycles. The van der Waals surface area contributed by atoms with E-state index in [2.05, 4.69) is 39.9 Å². The number of piperidine rings is 1. The van der Waals surface area contributed by atoms with Crippen LogP contribution >= 0.6 is 0 Å². The summed E-state index contributed by atoms with van der Waals surface area (Å²) in [5, 5.41) is 8.68. The van der Waals surface area contributed by atoms with Crippen molar-refractivity contribution in [2.24, 2.45) is 5.92 Å². The lowest BCUT2D eigenvalue weighted by Gasteiger charge is -2.33. The zero-order chi connectivity index (χ0) is 13.2. The average Bonchev–Trinajstić information content (AvgIpc) is 3.17. The summed E-state index contributed by atoms with van der Waals surface area (Å²) in [4.78, 5) is 2.61. The highest BCUT2D eigenvalue weighted by atomic mass is 15.4. The summed E-state index contributed by atoms with van der Waals surface area (Å²) in [6.45, 7) is 8.33. The third-order valence-corrected chi connectivity index (χ3v) is 4.72. The van der Waals surface area contributed by atoms with Crippen LogP contribution in [0, 0.1) is 5.92 Å². The number of hydrogen-bond donors (Lipinski definition) is 0. The first-order valence-electron chi connectivity index (χ1n) is 7.90. The summed E-state index contributed by atoms with van der Waals surface area (Å²) < 4.78 is 2.13. The lowest BCUT2D eigenvalue weighted by molar-refractivity contribution is 0.159. The second kappa shape index (κ2) is 5.61. The van der Waals surface area contributed by atoms with Crippen LogP contribution in [-0.2, 0) is 0 Å². The molecule has 2 heterocycles. The molecular formula is C15H26N4. The van der Waals surface area contributed by atoms with E-state index in [0.717, 1.165) is 11.8 Å². The minimum atomic E-state index is 0.577. The van der Waals surface area contributed by atoms with Gasteiger partial charge in [-0.15, -0.1) is 5.10 Å². The van der Waals surface area contributed by atoms with Crippen LogP contribution in [0.5, 0.6) is 0 Å². The highest BCUT2D eigenvalue weighted by molar-refractivity contribution is 5.09. The molecule has 19 heavy (non-hydrogen) atoms. The Hall–Kier alpha value is -0.900. The summed E-state index contributed by atoms with van der Waals surface area (Å²) in [6.07, 6.45) is 8.56. The average molecular weight is 262 g/mol. The Balaban J connectivity index is 1.51. The van der Waals surface area contributed by atoms with E-state index in [9.17, 15) is 0 Å². The smallest absolute Gasteiger partial charge is 0.0858 e. The minimum Gasteiger partial charge on any atom is -0.303 e. The van der Waals surface area contributed by atoms with E-state index in [1.165, 1.54) is 57.4 Å². The second-order valence-electron chi connectivity index (χ2n) is 6.44. The van der Waals surface area contributed by atoms with Crippen molar-refractivity contribution in [2.45, 2.75) is 57.9 Å². The van der Waals surface area contributed by atoms with Gasteiger partial charge in [0, 0.05) is 31.7 Å². The van der Waals surface area contributed by atoms with Gasteiger partial charge in [-0.05, 0) is 31.6 Å². The van der Waals surface area contributed by atoms with Gasteiger partial charge in [0.1, 0.15) is 0 Å². The molecule has 0 N–H and O–H groups in total. The van der Waals surface area contributed by atoms with Crippen molar-refractivity contribution in [3.8, 4) is 0 Å². The quantitative estimate of drug-likeness (QED) is 0.818. The lowest BCUT2D eigenvalue weighted by atomic mass is 10.0. The standard InChI is InChI=1S/C15H26N4/c1-3-12(2)10-18-8-6-14(7-9-18)19-11-15(16-17-19)13-4-5-13/h11-14H,3-10H2,1-2H3/t12-/m1/s1. The summed E-state index contributed by atoms with van der Waals surface area (Å²) in [7, 11) is 0. The molecule has 1 atom stereocenters. The zero-order valence-corrected chi connectivity index (χ0v) is 12.3. The second-order valence-corrected chi connectivity index (χ2v) is 6.44. The van der Waals surface area contributed by atoms with Crippen LogP contribution < -0.4 is 0 Å². The molecule has 4 heteroatoms. The highest BCUT2D eigenvalue weighted by Crippen LogP contribution is 2.39. The van der Waals surface area contributed by atoms with Gasteiger partial charge < -0.3 is 4.90 Å². The normalized spacial score (nSPS) is 23.7. The Morgan fingerprint density at radius 1 is 1.26 bits per heavy atom. The molecule has 2 aliphatic rings. The van der Waals surface area contributed by atoms with Crippen LogP contribution in [-0.4, -0.2) is 39.5 Å². The van der Waals surface area contributed by atoms with Crippen LogP contribution in [0.15, 0.2) is 6.20 Å². The molecular weight excluding hydrogens is 236 g/mol. The lowest BCUT2D eigenvalue weighted by Crippen LogP contribution is -2.37. The van der Waals surface area contributed by atoms with E-state index in [-0.39, 0.29) is 0 Å². The molecule has 0 bridgehead atoms. The maximum absolute atomic E-state index is 4.35. The predicted octanol–water partition coefficient (Wildman–Crippen LogP) is 2.84. The summed E-state index contributed by atoms with van der Waals surface area (Å²) in [5.41, 5.74) is 1.22. The van der Waals surface area contributed by atoms with E-state index in [0.29, 0.717) is 6.04 Å². The molecule has 0 radical (unpaired) electrons. The van der Waals surface area contributed by atoms with Gasteiger partial charge in [-0.25, -0.2) is 4.68 Å². The van der Waals surface area contributed by atoms with Crippen LogP contribution in [0.4, 0.5) is 0 Å². The van der Waals surface area contributed by atoms with Crippen molar-refractivity contribution in [3.63, 3.8) is 0 Å². The van der Waals surface area contributed by atoms with E-state index in [4.69, 9.17) is 0 Å². The maximum Gasteiger partial charge on any atom is 0.0858 e. The van der Waals surface area contributed by atoms with Gasteiger partial charge in [-0.3, -0.25) is 0 Å². The Morgan fingerprint density at radius 3 is 2.63 bits per heavy atom. The first kappa shape index (κ1) is 13.1. The topological polar surface area (TPSA) is 34.0 Å². The number of likely N-dealkylation sites (tertiary alicyclic amines) is 1. The highest BCUT2D eigenvalue weighted by Gasteiger charge is 2.28. The Labute approximate surface area is 116 Å². The van der Waals surface area contributed by atoms with Crippen molar-refractivity contribution >= 4 is 0 Å². The van der Waals surface area contributed by atoms with Crippen LogP contribution in [0.1, 0.15) is 63.6 Å². The van der Waals surface area contributed by atoms with Crippen molar-refractivity contribution in [3.05, 3.63) is 11.9 Å². The maximum atomic E-state index is 4.35. The molecule has 3 rings (SSSR count). The number of hydrogen-bond acceptors (Lipinski definition) is 3. The molecule has 4 nitrogen and oxygen atoms in total. The minimum absolute atomic E-state index is 0.577. The van der Waals surface area contributed by atoms with E-state index < -0.39 is 0 Å². The zero-order valence-electron chi connectivity index (χ0n) is 12.3. The van der Waals surface area contributed by atoms with Gasteiger partial charge in [-0.2, -0.15) is 0 Å². The van der Waals surface area contributed by atoms with Gasteiger partial charge in [0.05, 0.1) is 11.7 Å². The Morgan fingerprint density at radius 2 is 2.00 bits per heavy atom. The molecule has 0 amide bonds. The number of rotatable bonds is 5. The third-order valence-electron chi connectivity index (χ3n) is 4.72. The molecule has 2 fully saturated rings. The van der Waals surface area contributed by atoms with Crippen molar-refractivity contribution in [2.75, 3.05) is 19.6 Å². The molecule has 1 saturated heterocycles. The fraction of sp³-hybridized carbons (Fsp3) is 0.867. The van der Waals surface area contributed by atoms with Crippen LogP contribution in [0.25, 0.3) is 0 Å².